The molecular weight excluding hydrogens is 222 g/mol. The minimum Gasteiger partial charge on any atom is -0.460 e. The lowest BCUT2D eigenvalue weighted by molar-refractivity contribution is -0.139. The van der Waals surface area contributed by atoms with E-state index in [1.807, 2.05) is 0 Å². The summed E-state index contributed by atoms with van der Waals surface area (Å²) in [7, 11) is 0. The molecule has 5 heteroatoms. The standard InChI is InChI=1S/C12H19NO4/c1-2-3-7-15-8-9-16-10-11-17-12(14)5-4-6-13/h4-5H,2-3,7-11H2,1H3. The first-order valence-corrected chi connectivity index (χ1v) is 5.69. The molecule has 0 amide bonds. The van der Waals surface area contributed by atoms with Crippen LogP contribution in [0, 0.1) is 11.3 Å². The predicted molar refractivity (Wildman–Crippen MR) is 62.3 cm³/mol. The number of carbonyl (C=O) groups is 1. The Bertz CT molecular complexity index is 258. The molecule has 0 unspecified atom stereocenters. The molecule has 0 heterocycles. The molecule has 0 rings (SSSR count). The second-order valence-electron chi connectivity index (χ2n) is 3.21. The van der Waals surface area contributed by atoms with Gasteiger partial charge in [0.1, 0.15) is 6.61 Å². The third-order valence-corrected chi connectivity index (χ3v) is 1.78. The highest BCUT2D eigenvalue weighted by atomic mass is 16.6. The van der Waals surface area contributed by atoms with E-state index in [1.165, 1.54) is 0 Å². The van der Waals surface area contributed by atoms with Crippen LogP contribution >= 0.6 is 0 Å². The topological polar surface area (TPSA) is 68.6 Å². The van der Waals surface area contributed by atoms with Gasteiger partial charge < -0.3 is 14.2 Å². The molecular formula is C12H19NO4. The molecule has 17 heavy (non-hydrogen) atoms. The van der Waals surface area contributed by atoms with Crippen molar-refractivity contribution in [2.45, 2.75) is 19.8 Å². The zero-order valence-electron chi connectivity index (χ0n) is 10.2. The third kappa shape index (κ3) is 12.6. The highest BCUT2D eigenvalue weighted by molar-refractivity contribution is 5.82. The molecule has 5 nitrogen and oxygen atoms in total. The fraction of sp³-hybridized carbons (Fsp3) is 0.667. The van der Waals surface area contributed by atoms with Crippen molar-refractivity contribution in [3.63, 3.8) is 0 Å². The van der Waals surface area contributed by atoms with Crippen molar-refractivity contribution < 1.29 is 19.0 Å². The van der Waals surface area contributed by atoms with Gasteiger partial charge in [0, 0.05) is 18.8 Å². The van der Waals surface area contributed by atoms with Crippen molar-refractivity contribution in [1.82, 2.24) is 0 Å². The number of nitrogens with zero attached hydrogens (tertiary/aromatic N) is 1. The first kappa shape index (κ1) is 15.6. The lowest BCUT2D eigenvalue weighted by atomic mass is 10.4. The maximum Gasteiger partial charge on any atom is 0.331 e. The van der Waals surface area contributed by atoms with Gasteiger partial charge in [-0.25, -0.2) is 4.79 Å². The van der Waals surface area contributed by atoms with E-state index in [1.54, 1.807) is 6.07 Å². The number of rotatable bonds is 10. The fourth-order valence-corrected chi connectivity index (χ4v) is 0.923. The van der Waals surface area contributed by atoms with Crippen LogP contribution in [0.15, 0.2) is 12.2 Å². The van der Waals surface area contributed by atoms with Crippen LogP contribution < -0.4 is 0 Å². The summed E-state index contributed by atoms with van der Waals surface area (Å²) < 4.78 is 15.2. The summed E-state index contributed by atoms with van der Waals surface area (Å²) in [5, 5.41) is 8.16. The Balaban J connectivity index is 3.16. The minimum atomic E-state index is -0.533. The van der Waals surface area contributed by atoms with Crippen LogP contribution in [0.2, 0.25) is 0 Å². The average molecular weight is 241 g/mol. The molecule has 0 bridgehead atoms. The van der Waals surface area contributed by atoms with E-state index in [2.05, 4.69) is 6.92 Å². The van der Waals surface area contributed by atoms with Crippen LogP contribution in [-0.4, -0.2) is 39.0 Å². The monoisotopic (exact) mass is 241 g/mol. The lowest BCUT2D eigenvalue weighted by Crippen LogP contribution is -2.11. The largest absolute Gasteiger partial charge is 0.460 e. The second kappa shape index (κ2) is 12.7. The molecule has 0 atom stereocenters. The molecule has 0 aromatic rings. The molecule has 0 radical (unpaired) electrons. The van der Waals surface area contributed by atoms with Crippen molar-refractivity contribution in [3.05, 3.63) is 12.2 Å². The van der Waals surface area contributed by atoms with Gasteiger partial charge in [-0.15, -0.1) is 0 Å². The van der Waals surface area contributed by atoms with Crippen LogP contribution in [-0.2, 0) is 19.0 Å². The van der Waals surface area contributed by atoms with Crippen LogP contribution in [0.5, 0.6) is 0 Å². The lowest BCUT2D eigenvalue weighted by Gasteiger charge is -2.05. The van der Waals surface area contributed by atoms with Gasteiger partial charge in [-0.2, -0.15) is 5.26 Å². The van der Waals surface area contributed by atoms with Gasteiger partial charge in [-0.3, -0.25) is 0 Å². The van der Waals surface area contributed by atoms with Crippen molar-refractivity contribution in [1.29, 1.82) is 5.26 Å². The van der Waals surface area contributed by atoms with Crippen molar-refractivity contribution in [2.75, 3.05) is 33.0 Å². The van der Waals surface area contributed by atoms with Crippen LogP contribution in [0.3, 0.4) is 0 Å². The molecule has 0 saturated heterocycles. The Morgan fingerprint density at radius 3 is 2.47 bits per heavy atom. The van der Waals surface area contributed by atoms with E-state index >= 15 is 0 Å². The Labute approximate surface area is 102 Å². The van der Waals surface area contributed by atoms with E-state index < -0.39 is 5.97 Å². The summed E-state index contributed by atoms with van der Waals surface area (Å²) >= 11 is 0. The Kier molecular flexibility index (Phi) is 11.7. The predicted octanol–water partition coefficient (Wildman–Crippen LogP) is 1.44. The first-order valence-electron chi connectivity index (χ1n) is 5.69. The maximum absolute atomic E-state index is 10.9. The SMILES string of the molecule is CCCCOCCOCCOC(=O)C=CC#N. The normalized spacial score (nSPS) is 10.4. The zero-order chi connectivity index (χ0) is 12.8. The third-order valence-electron chi connectivity index (χ3n) is 1.78. The molecule has 96 valence electrons. The number of nitriles is 1. The summed E-state index contributed by atoms with van der Waals surface area (Å²) in [6, 6.07) is 1.70. The number of esters is 1. The van der Waals surface area contributed by atoms with Gasteiger partial charge in [-0.05, 0) is 6.42 Å². The van der Waals surface area contributed by atoms with E-state index in [9.17, 15) is 4.79 Å². The van der Waals surface area contributed by atoms with Gasteiger partial charge >= 0.3 is 5.97 Å². The van der Waals surface area contributed by atoms with Gasteiger partial charge in [-0.1, -0.05) is 13.3 Å². The number of ether oxygens (including phenoxy) is 3. The second-order valence-corrected chi connectivity index (χ2v) is 3.21. The Hall–Kier alpha value is -1.38. The van der Waals surface area contributed by atoms with Gasteiger partial charge in [0.2, 0.25) is 0 Å². The van der Waals surface area contributed by atoms with Crippen LogP contribution in [0.4, 0.5) is 0 Å². The number of hydrogen-bond donors (Lipinski definition) is 0. The molecule has 0 aromatic carbocycles. The van der Waals surface area contributed by atoms with E-state index in [-0.39, 0.29) is 6.61 Å². The van der Waals surface area contributed by atoms with Gasteiger partial charge in [0.25, 0.3) is 0 Å². The van der Waals surface area contributed by atoms with Gasteiger partial charge in [0.15, 0.2) is 0 Å². The Morgan fingerprint density at radius 1 is 1.18 bits per heavy atom. The quantitative estimate of drug-likeness (QED) is 0.250. The van der Waals surface area contributed by atoms with Crippen molar-refractivity contribution in [2.24, 2.45) is 0 Å². The van der Waals surface area contributed by atoms with E-state index in [0.29, 0.717) is 19.8 Å². The average Bonchev–Trinajstić information content (AvgIpc) is 2.34. The molecule has 0 N–H and O–H groups in total. The summed E-state index contributed by atoms with van der Waals surface area (Å²) in [6.07, 6.45) is 4.33. The zero-order valence-corrected chi connectivity index (χ0v) is 10.2. The molecule has 0 aromatic heterocycles. The molecule has 0 aliphatic heterocycles. The summed E-state index contributed by atoms with van der Waals surface area (Å²) in [5.41, 5.74) is 0. The first-order chi connectivity index (χ1) is 8.31. The minimum absolute atomic E-state index is 0.184. The number of hydrogen-bond acceptors (Lipinski definition) is 5. The molecule has 0 spiro atoms. The molecule has 0 aliphatic rings. The molecule has 0 aliphatic carbocycles. The fourth-order valence-electron chi connectivity index (χ4n) is 0.923. The smallest absolute Gasteiger partial charge is 0.331 e. The highest BCUT2D eigenvalue weighted by Crippen LogP contribution is 1.88. The maximum atomic E-state index is 10.9. The summed E-state index contributed by atoms with van der Waals surface area (Å²) in [4.78, 5) is 10.9. The van der Waals surface area contributed by atoms with E-state index in [4.69, 9.17) is 19.5 Å². The number of unbranched alkanes of at least 4 members (excludes halogenated alkanes) is 1. The van der Waals surface area contributed by atoms with Crippen molar-refractivity contribution in [3.8, 4) is 6.07 Å². The number of allylic oxidation sites excluding steroid dienone is 1. The van der Waals surface area contributed by atoms with Crippen LogP contribution in [0.25, 0.3) is 0 Å². The molecule has 0 saturated carbocycles. The highest BCUT2D eigenvalue weighted by Gasteiger charge is 1.96. The number of carbonyl (C=O) groups excluding carboxylic acids is 1. The van der Waals surface area contributed by atoms with Crippen LogP contribution in [0.1, 0.15) is 19.8 Å². The van der Waals surface area contributed by atoms with E-state index in [0.717, 1.165) is 31.6 Å². The Morgan fingerprint density at radius 2 is 1.82 bits per heavy atom. The summed E-state index contributed by atoms with van der Waals surface area (Å²) in [5.74, 6) is -0.533. The van der Waals surface area contributed by atoms with Crippen molar-refractivity contribution >= 4 is 5.97 Å². The summed E-state index contributed by atoms with van der Waals surface area (Å²) in [6.45, 7) is 4.44. The molecule has 0 fully saturated rings. The van der Waals surface area contributed by atoms with Gasteiger partial charge in [0.05, 0.1) is 25.9 Å².